The summed E-state index contributed by atoms with van der Waals surface area (Å²) < 4.78 is 18.0. The lowest BCUT2D eigenvalue weighted by molar-refractivity contribution is -0.118. The average Bonchev–Trinajstić information content (AvgIpc) is 3.23. The van der Waals surface area contributed by atoms with E-state index >= 15 is 0 Å². The highest BCUT2D eigenvalue weighted by molar-refractivity contribution is 5.87. The number of aromatic nitrogens is 2. The maximum absolute atomic E-state index is 11.4. The van der Waals surface area contributed by atoms with E-state index in [-0.39, 0.29) is 5.78 Å². The summed E-state index contributed by atoms with van der Waals surface area (Å²) in [6.07, 6.45) is 6.74. The molecule has 182 valence electrons. The number of carbonyl (C=O) groups excluding carboxylic acids is 1. The number of ether oxygens (including phenoxy) is 3. The smallest absolute Gasteiger partial charge is 0.230 e. The van der Waals surface area contributed by atoms with Crippen molar-refractivity contribution in [2.45, 2.75) is 33.1 Å². The second-order valence-corrected chi connectivity index (χ2v) is 9.44. The fourth-order valence-electron chi connectivity index (χ4n) is 4.88. The minimum Gasteiger partial charge on any atom is -0.493 e. The number of hydrogen-bond acceptors (Lipinski definition) is 7. The molecular weight excluding hydrogens is 442 g/mol. The molecule has 1 aliphatic carbocycles. The molecule has 0 radical (unpaired) electrons. The predicted octanol–water partition coefficient (Wildman–Crippen LogP) is 5.07. The van der Waals surface area contributed by atoms with Crippen LogP contribution in [-0.2, 0) is 11.2 Å². The van der Waals surface area contributed by atoms with Gasteiger partial charge in [-0.2, -0.15) is 0 Å². The van der Waals surface area contributed by atoms with E-state index in [1.54, 1.807) is 14.0 Å². The van der Waals surface area contributed by atoms with Crippen molar-refractivity contribution in [2.24, 2.45) is 5.92 Å². The average molecular weight is 474 g/mol. The van der Waals surface area contributed by atoms with Gasteiger partial charge in [-0.15, -0.1) is 0 Å². The SMILES string of the molecule is COc1cc2c(Oc3ccc4c(c3)C(C)=CC4)ncnc2cc1OCC1CCN(CC(C)=O)CC1. The Balaban J connectivity index is 1.31. The molecule has 7 nitrogen and oxygen atoms in total. The number of likely N-dealkylation sites (tertiary alicyclic amines) is 1. The molecule has 0 saturated carbocycles. The maximum Gasteiger partial charge on any atom is 0.230 e. The van der Waals surface area contributed by atoms with Crippen LogP contribution in [0.1, 0.15) is 37.8 Å². The Morgan fingerprint density at radius 2 is 1.94 bits per heavy atom. The summed E-state index contributed by atoms with van der Waals surface area (Å²) in [7, 11) is 1.63. The van der Waals surface area contributed by atoms with Crippen molar-refractivity contribution in [1.82, 2.24) is 14.9 Å². The zero-order chi connectivity index (χ0) is 24.4. The Kier molecular flexibility index (Phi) is 6.68. The van der Waals surface area contributed by atoms with Crippen LogP contribution in [0.15, 0.2) is 42.7 Å². The fourth-order valence-corrected chi connectivity index (χ4v) is 4.88. The molecule has 0 atom stereocenters. The molecule has 0 N–H and O–H groups in total. The van der Waals surface area contributed by atoms with E-state index in [2.05, 4.69) is 40.0 Å². The third kappa shape index (κ3) is 5.15. The molecule has 35 heavy (non-hydrogen) atoms. The first-order chi connectivity index (χ1) is 17.0. The van der Waals surface area contributed by atoms with Crippen LogP contribution >= 0.6 is 0 Å². The molecule has 0 bridgehead atoms. The predicted molar refractivity (Wildman–Crippen MR) is 135 cm³/mol. The van der Waals surface area contributed by atoms with E-state index in [4.69, 9.17) is 14.2 Å². The molecule has 1 saturated heterocycles. The van der Waals surface area contributed by atoms with E-state index in [1.165, 1.54) is 23.0 Å². The van der Waals surface area contributed by atoms with Crippen molar-refractivity contribution >= 4 is 22.3 Å². The first kappa shape index (κ1) is 23.3. The van der Waals surface area contributed by atoms with Crippen molar-refractivity contribution < 1.29 is 19.0 Å². The summed E-state index contributed by atoms with van der Waals surface area (Å²) >= 11 is 0. The Labute approximate surface area is 205 Å². The number of ketones is 1. The normalized spacial score (nSPS) is 16.1. The van der Waals surface area contributed by atoms with Crippen LogP contribution in [0.2, 0.25) is 0 Å². The molecular formula is C28H31N3O4. The highest BCUT2D eigenvalue weighted by atomic mass is 16.5. The lowest BCUT2D eigenvalue weighted by atomic mass is 9.97. The van der Waals surface area contributed by atoms with Gasteiger partial charge in [0.2, 0.25) is 5.88 Å². The van der Waals surface area contributed by atoms with Gasteiger partial charge in [0.05, 0.1) is 31.2 Å². The number of allylic oxidation sites excluding steroid dienone is 2. The minimum atomic E-state index is 0.217. The highest BCUT2D eigenvalue weighted by Crippen LogP contribution is 2.38. The molecule has 2 aromatic carbocycles. The van der Waals surface area contributed by atoms with Crippen LogP contribution in [0.4, 0.5) is 0 Å². The van der Waals surface area contributed by atoms with Crippen molar-refractivity contribution in [1.29, 1.82) is 0 Å². The van der Waals surface area contributed by atoms with E-state index in [1.807, 2.05) is 18.2 Å². The summed E-state index contributed by atoms with van der Waals surface area (Å²) in [6, 6.07) is 9.93. The summed E-state index contributed by atoms with van der Waals surface area (Å²) in [5.41, 5.74) is 4.54. The number of nitrogens with zero attached hydrogens (tertiary/aromatic N) is 3. The van der Waals surface area contributed by atoms with Gasteiger partial charge in [-0.1, -0.05) is 12.1 Å². The van der Waals surface area contributed by atoms with Crippen LogP contribution in [0, 0.1) is 5.92 Å². The molecule has 0 spiro atoms. The highest BCUT2D eigenvalue weighted by Gasteiger charge is 2.22. The lowest BCUT2D eigenvalue weighted by Crippen LogP contribution is -2.38. The Morgan fingerprint density at radius 3 is 2.71 bits per heavy atom. The number of fused-ring (bicyclic) bond motifs is 2. The monoisotopic (exact) mass is 473 g/mol. The van der Waals surface area contributed by atoms with Crippen molar-refractivity contribution in [2.75, 3.05) is 33.4 Å². The van der Waals surface area contributed by atoms with Gasteiger partial charge in [-0.3, -0.25) is 9.69 Å². The van der Waals surface area contributed by atoms with E-state index in [0.29, 0.717) is 36.4 Å². The minimum absolute atomic E-state index is 0.217. The third-order valence-corrected chi connectivity index (χ3v) is 6.86. The summed E-state index contributed by atoms with van der Waals surface area (Å²) in [4.78, 5) is 22.4. The van der Waals surface area contributed by atoms with Crippen molar-refractivity contribution in [3.63, 3.8) is 0 Å². The van der Waals surface area contributed by atoms with Gasteiger partial charge in [-0.25, -0.2) is 9.97 Å². The zero-order valence-electron chi connectivity index (χ0n) is 20.5. The number of rotatable bonds is 8. The van der Waals surface area contributed by atoms with Crippen LogP contribution in [0.3, 0.4) is 0 Å². The second-order valence-electron chi connectivity index (χ2n) is 9.44. The van der Waals surface area contributed by atoms with Gasteiger partial charge < -0.3 is 14.2 Å². The zero-order valence-corrected chi connectivity index (χ0v) is 20.5. The van der Waals surface area contributed by atoms with E-state index in [0.717, 1.165) is 49.0 Å². The summed E-state index contributed by atoms with van der Waals surface area (Å²) in [5.74, 6) is 3.17. The fraction of sp³-hybridized carbons (Fsp3) is 0.393. The number of methoxy groups -OCH3 is 1. The molecule has 7 heteroatoms. The molecule has 0 amide bonds. The number of carbonyl (C=O) groups is 1. The van der Waals surface area contributed by atoms with Gasteiger partial charge in [0.25, 0.3) is 0 Å². The van der Waals surface area contributed by atoms with E-state index < -0.39 is 0 Å². The summed E-state index contributed by atoms with van der Waals surface area (Å²) in [6.45, 7) is 6.76. The van der Waals surface area contributed by atoms with Gasteiger partial charge in [0, 0.05) is 6.07 Å². The first-order valence-corrected chi connectivity index (χ1v) is 12.2. The van der Waals surface area contributed by atoms with Gasteiger partial charge in [-0.05, 0) is 87.0 Å². The van der Waals surface area contributed by atoms with Crippen LogP contribution in [-0.4, -0.2) is 54.0 Å². The van der Waals surface area contributed by atoms with Gasteiger partial charge in [0.1, 0.15) is 17.9 Å². The molecule has 2 heterocycles. The molecule has 1 fully saturated rings. The molecule has 1 aliphatic heterocycles. The number of piperidine rings is 1. The first-order valence-electron chi connectivity index (χ1n) is 12.2. The largest absolute Gasteiger partial charge is 0.493 e. The Morgan fingerprint density at radius 1 is 1.11 bits per heavy atom. The number of Topliss-reactive ketones (excluding diaryl/α,β-unsaturated/α-hetero) is 1. The number of benzene rings is 2. The van der Waals surface area contributed by atoms with Crippen LogP contribution in [0.5, 0.6) is 23.1 Å². The number of hydrogen-bond donors (Lipinski definition) is 0. The topological polar surface area (TPSA) is 73.8 Å². The Bertz CT molecular complexity index is 1280. The Hall–Kier alpha value is -3.45. The standard InChI is InChI=1S/C28H31N3O4/c1-18-4-5-21-6-7-22(12-23(18)21)35-28-24-13-26(33-3)27(14-25(24)29-17-30-28)34-16-20-8-10-31(11-9-20)15-19(2)32/h4,6-7,12-14,17,20H,5,8-11,15-16H2,1-3H3. The molecule has 0 unspecified atom stereocenters. The quantitative estimate of drug-likeness (QED) is 0.452. The van der Waals surface area contributed by atoms with Crippen molar-refractivity contribution in [3.05, 3.63) is 53.9 Å². The summed E-state index contributed by atoms with van der Waals surface area (Å²) in [5, 5.41) is 0.766. The maximum atomic E-state index is 11.4. The molecule has 3 aromatic rings. The molecule has 1 aromatic heterocycles. The van der Waals surface area contributed by atoms with Gasteiger partial charge >= 0.3 is 0 Å². The van der Waals surface area contributed by atoms with Crippen LogP contribution < -0.4 is 14.2 Å². The third-order valence-electron chi connectivity index (χ3n) is 6.86. The molecule has 5 rings (SSSR count). The molecule has 2 aliphatic rings. The lowest BCUT2D eigenvalue weighted by Gasteiger charge is -2.31. The second kappa shape index (κ2) is 10.0. The van der Waals surface area contributed by atoms with Crippen molar-refractivity contribution in [3.8, 4) is 23.1 Å². The van der Waals surface area contributed by atoms with E-state index in [9.17, 15) is 4.79 Å². The van der Waals surface area contributed by atoms with Crippen LogP contribution in [0.25, 0.3) is 16.5 Å². The van der Waals surface area contributed by atoms with Gasteiger partial charge in [0.15, 0.2) is 11.5 Å².